The number of rotatable bonds is 3. The lowest BCUT2D eigenvalue weighted by molar-refractivity contribution is 0.101. The fourth-order valence-electron chi connectivity index (χ4n) is 1.68. The Labute approximate surface area is 100 Å². The van der Waals surface area contributed by atoms with Gasteiger partial charge in [-0.05, 0) is 31.2 Å². The molecule has 4 nitrogen and oxygen atoms in total. The fraction of sp³-hybridized carbons (Fsp3) is 0.250. The molecule has 1 aliphatic heterocycles. The number of hydrogen-bond donors (Lipinski definition) is 1. The van der Waals surface area contributed by atoms with Crippen LogP contribution in [-0.4, -0.2) is 26.0 Å². The number of Topliss-reactive ketones (excluding diaryl/α,β-unsaturated/α-hetero) is 1. The van der Waals surface area contributed by atoms with E-state index in [-0.39, 0.29) is 17.6 Å². The highest BCUT2D eigenvalue weighted by Gasteiger charge is 2.21. The largest absolute Gasteiger partial charge is 0.378 e. The number of ketones is 1. The van der Waals surface area contributed by atoms with Gasteiger partial charge in [0.15, 0.2) is 15.6 Å². The number of benzene rings is 1. The molecule has 17 heavy (non-hydrogen) atoms. The van der Waals surface area contributed by atoms with Gasteiger partial charge in [-0.25, -0.2) is 8.42 Å². The third-order valence-corrected chi connectivity index (χ3v) is 3.97. The maximum absolute atomic E-state index is 11.2. The van der Waals surface area contributed by atoms with Gasteiger partial charge < -0.3 is 5.32 Å². The molecular weight excluding hydrogens is 238 g/mol. The van der Waals surface area contributed by atoms with E-state index in [1.165, 1.54) is 12.3 Å². The van der Waals surface area contributed by atoms with E-state index in [4.69, 9.17) is 0 Å². The number of anilines is 1. The summed E-state index contributed by atoms with van der Waals surface area (Å²) in [5.74, 6) is 0.0986. The number of sulfone groups is 1. The van der Waals surface area contributed by atoms with Gasteiger partial charge in [0.05, 0.1) is 11.8 Å². The molecule has 1 atom stereocenters. The Balaban J connectivity index is 2.06. The van der Waals surface area contributed by atoms with Crippen LogP contribution in [0, 0.1) is 0 Å². The van der Waals surface area contributed by atoms with Crippen LogP contribution in [0.2, 0.25) is 0 Å². The van der Waals surface area contributed by atoms with E-state index in [1.807, 2.05) is 0 Å². The van der Waals surface area contributed by atoms with Crippen molar-refractivity contribution < 1.29 is 13.2 Å². The highest BCUT2D eigenvalue weighted by atomic mass is 32.2. The molecule has 2 rings (SSSR count). The average Bonchev–Trinajstić information content (AvgIpc) is 2.59. The van der Waals surface area contributed by atoms with E-state index < -0.39 is 9.84 Å². The molecule has 1 unspecified atom stereocenters. The van der Waals surface area contributed by atoms with Crippen LogP contribution in [0.1, 0.15) is 17.3 Å². The molecule has 0 saturated carbocycles. The summed E-state index contributed by atoms with van der Waals surface area (Å²) in [5.41, 5.74) is 1.45. The van der Waals surface area contributed by atoms with Gasteiger partial charge in [-0.15, -0.1) is 0 Å². The van der Waals surface area contributed by atoms with E-state index in [0.29, 0.717) is 5.56 Å². The summed E-state index contributed by atoms with van der Waals surface area (Å²) in [6, 6.07) is 6.80. The zero-order valence-corrected chi connectivity index (χ0v) is 10.2. The van der Waals surface area contributed by atoms with Gasteiger partial charge in [0.1, 0.15) is 0 Å². The normalized spacial score (nSPS) is 21.4. The quantitative estimate of drug-likeness (QED) is 0.829. The molecule has 0 fully saturated rings. The zero-order valence-electron chi connectivity index (χ0n) is 9.38. The monoisotopic (exact) mass is 251 g/mol. The molecule has 1 aromatic carbocycles. The second-order valence-electron chi connectivity index (χ2n) is 4.04. The van der Waals surface area contributed by atoms with E-state index in [2.05, 4.69) is 5.32 Å². The smallest absolute Gasteiger partial charge is 0.173 e. The summed E-state index contributed by atoms with van der Waals surface area (Å²) in [4.78, 5) is 11.1. The molecule has 0 amide bonds. The molecular formula is C12H13NO3S. The number of carbonyl (C=O) groups excluding carboxylic acids is 1. The van der Waals surface area contributed by atoms with Crippen LogP contribution in [0.25, 0.3) is 0 Å². The number of hydrogen-bond acceptors (Lipinski definition) is 4. The van der Waals surface area contributed by atoms with Crippen LogP contribution in [0.3, 0.4) is 0 Å². The van der Waals surface area contributed by atoms with E-state index in [9.17, 15) is 13.2 Å². The van der Waals surface area contributed by atoms with E-state index in [0.717, 1.165) is 5.69 Å². The SMILES string of the molecule is CC(=O)c1ccc(NC2C=CS(=O)(=O)C2)cc1. The summed E-state index contributed by atoms with van der Waals surface area (Å²) in [6.45, 7) is 1.51. The Morgan fingerprint density at radius 2 is 1.94 bits per heavy atom. The van der Waals surface area contributed by atoms with Crippen LogP contribution in [0.5, 0.6) is 0 Å². The predicted octanol–water partition coefficient (Wildman–Crippen LogP) is 1.61. The standard InChI is InChI=1S/C12H13NO3S/c1-9(14)10-2-4-11(5-3-10)13-12-6-7-17(15,16)8-12/h2-7,12-13H,8H2,1H3. The van der Waals surface area contributed by atoms with Crippen molar-refractivity contribution >= 4 is 21.3 Å². The van der Waals surface area contributed by atoms with Crippen molar-refractivity contribution in [3.63, 3.8) is 0 Å². The van der Waals surface area contributed by atoms with Crippen LogP contribution in [0.15, 0.2) is 35.7 Å². The van der Waals surface area contributed by atoms with Gasteiger partial charge in [-0.3, -0.25) is 4.79 Å². The van der Waals surface area contributed by atoms with E-state index >= 15 is 0 Å². The van der Waals surface area contributed by atoms with Crippen molar-refractivity contribution in [1.82, 2.24) is 0 Å². The van der Waals surface area contributed by atoms with Crippen LogP contribution < -0.4 is 5.32 Å². The lowest BCUT2D eigenvalue weighted by Gasteiger charge is -2.11. The fourth-order valence-corrected chi connectivity index (χ4v) is 2.92. The highest BCUT2D eigenvalue weighted by molar-refractivity contribution is 7.94. The Morgan fingerprint density at radius 1 is 1.29 bits per heavy atom. The summed E-state index contributed by atoms with van der Waals surface area (Å²) in [5, 5.41) is 4.32. The molecule has 0 bridgehead atoms. The van der Waals surface area contributed by atoms with Gasteiger partial charge in [-0.2, -0.15) is 0 Å². The Hall–Kier alpha value is -1.62. The van der Waals surface area contributed by atoms with Gasteiger partial charge in [-0.1, -0.05) is 6.08 Å². The molecule has 0 saturated heterocycles. The number of nitrogens with one attached hydrogen (secondary N) is 1. The first-order chi connectivity index (χ1) is 7.96. The molecule has 0 aliphatic carbocycles. The highest BCUT2D eigenvalue weighted by Crippen LogP contribution is 2.16. The molecule has 1 heterocycles. The molecule has 5 heteroatoms. The molecule has 0 radical (unpaired) electrons. The Kier molecular flexibility index (Phi) is 3.02. The average molecular weight is 251 g/mol. The maximum atomic E-state index is 11.2. The van der Waals surface area contributed by atoms with Crippen molar-refractivity contribution in [2.45, 2.75) is 13.0 Å². The first kappa shape index (κ1) is 11.9. The van der Waals surface area contributed by atoms with Crippen LogP contribution in [-0.2, 0) is 9.84 Å². The van der Waals surface area contributed by atoms with Crippen molar-refractivity contribution in [3.8, 4) is 0 Å². The second kappa shape index (κ2) is 4.33. The summed E-state index contributed by atoms with van der Waals surface area (Å²) in [7, 11) is -3.03. The zero-order chi connectivity index (χ0) is 12.5. The lowest BCUT2D eigenvalue weighted by Crippen LogP contribution is -2.20. The Morgan fingerprint density at radius 3 is 2.41 bits per heavy atom. The minimum Gasteiger partial charge on any atom is -0.378 e. The molecule has 1 aliphatic rings. The molecule has 90 valence electrons. The number of carbonyl (C=O) groups is 1. The first-order valence-electron chi connectivity index (χ1n) is 5.25. The van der Waals surface area contributed by atoms with Crippen molar-refractivity contribution in [3.05, 3.63) is 41.3 Å². The molecule has 0 aromatic heterocycles. The van der Waals surface area contributed by atoms with Crippen LogP contribution in [0.4, 0.5) is 5.69 Å². The predicted molar refractivity (Wildman–Crippen MR) is 66.8 cm³/mol. The van der Waals surface area contributed by atoms with Gasteiger partial charge in [0, 0.05) is 16.7 Å². The van der Waals surface area contributed by atoms with Crippen molar-refractivity contribution in [2.75, 3.05) is 11.1 Å². The summed E-state index contributed by atoms with van der Waals surface area (Å²) in [6.07, 6.45) is 1.63. The maximum Gasteiger partial charge on any atom is 0.173 e. The third-order valence-electron chi connectivity index (χ3n) is 2.57. The van der Waals surface area contributed by atoms with E-state index in [1.54, 1.807) is 30.3 Å². The summed E-state index contributed by atoms with van der Waals surface area (Å²) >= 11 is 0. The second-order valence-corrected chi connectivity index (χ2v) is 5.97. The summed E-state index contributed by atoms with van der Waals surface area (Å²) < 4.78 is 22.4. The molecule has 1 N–H and O–H groups in total. The van der Waals surface area contributed by atoms with Crippen LogP contribution >= 0.6 is 0 Å². The first-order valence-corrected chi connectivity index (χ1v) is 6.96. The lowest BCUT2D eigenvalue weighted by atomic mass is 10.1. The molecule has 1 aromatic rings. The van der Waals surface area contributed by atoms with Crippen molar-refractivity contribution in [1.29, 1.82) is 0 Å². The van der Waals surface area contributed by atoms with Gasteiger partial charge in [0.2, 0.25) is 0 Å². The van der Waals surface area contributed by atoms with Gasteiger partial charge >= 0.3 is 0 Å². The topological polar surface area (TPSA) is 63.2 Å². The molecule has 0 spiro atoms. The van der Waals surface area contributed by atoms with Gasteiger partial charge in [0.25, 0.3) is 0 Å². The minimum atomic E-state index is -3.03. The Bertz CT molecular complexity index is 558. The third kappa shape index (κ3) is 2.94. The van der Waals surface area contributed by atoms with Crippen molar-refractivity contribution in [2.24, 2.45) is 0 Å². The minimum absolute atomic E-state index is 0.0138.